The zero-order chi connectivity index (χ0) is 17.9. The molecule has 2 rings (SSSR count). The number of piperidine rings is 1. The Kier molecular flexibility index (Phi) is 5.32. The lowest BCUT2D eigenvalue weighted by atomic mass is 10.00. The average Bonchev–Trinajstić information content (AvgIpc) is 2.59. The lowest BCUT2D eigenvalue weighted by Gasteiger charge is -2.37. The topological polar surface area (TPSA) is 124 Å². The summed E-state index contributed by atoms with van der Waals surface area (Å²) in [5.41, 5.74) is -0.379. The van der Waals surface area contributed by atoms with Gasteiger partial charge in [-0.3, -0.25) is 14.4 Å². The van der Waals surface area contributed by atoms with E-state index in [0.717, 1.165) is 17.7 Å². The molecule has 2 N–H and O–H groups in total. The molecule has 0 bridgehead atoms. The van der Waals surface area contributed by atoms with Crippen molar-refractivity contribution in [2.45, 2.75) is 38.3 Å². The fourth-order valence-corrected chi connectivity index (χ4v) is 2.63. The van der Waals surface area contributed by atoms with Crippen molar-refractivity contribution in [3.8, 4) is 0 Å². The molecular weight excluding hydrogens is 316 g/mol. The zero-order valence-corrected chi connectivity index (χ0v) is 13.6. The van der Waals surface area contributed by atoms with E-state index < -0.39 is 35.4 Å². The number of nitrogens with one attached hydrogen (secondary N) is 1. The third kappa shape index (κ3) is 3.61. The number of aromatic amines is 1. The van der Waals surface area contributed by atoms with E-state index in [1.165, 1.54) is 31.0 Å². The summed E-state index contributed by atoms with van der Waals surface area (Å²) in [5.74, 6) is -1.98. The van der Waals surface area contributed by atoms with E-state index in [9.17, 15) is 19.2 Å². The number of aliphatic carboxylic acids is 1. The molecule has 130 valence electrons. The summed E-state index contributed by atoms with van der Waals surface area (Å²) in [7, 11) is 1.41. The highest BCUT2D eigenvalue weighted by molar-refractivity contribution is 5.96. The van der Waals surface area contributed by atoms with E-state index in [1.54, 1.807) is 0 Å². The van der Waals surface area contributed by atoms with Crippen molar-refractivity contribution in [2.24, 2.45) is 0 Å². The molecule has 1 saturated heterocycles. The molecule has 1 aliphatic heterocycles. The van der Waals surface area contributed by atoms with Gasteiger partial charge in [-0.1, -0.05) is 0 Å². The lowest BCUT2D eigenvalue weighted by Crippen LogP contribution is -2.55. The Morgan fingerprint density at radius 2 is 2.08 bits per heavy atom. The molecule has 0 saturated carbocycles. The van der Waals surface area contributed by atoms with Gasteiger partial charge in [-0.05, 0) is 32.3 Å². The number of hydrogen-bond donors (Lipinski definition) is 2. The van der Waals surface area contributed by atoms with Crippen molar-refractivity contribution < 1.29 is 19.5 Å². The van der Waals surface area contributed by atoms with Crippen LogP contribution < -0.4 is 5.56 Å². The predicted molar refractivity (Wildman–Crippen MR) is 83.4 cm³/mol. The molecular formula is C15H20N4O5. The summed E-state index contributed by atoms with van der Waals surface area (Å²) in [6.45, 7) is 1.80. The van der Waals surface area contributed by atoms with Crippen LogP contribution in [-0.4, -0.2) is 68.6 Å². The maximum atomic E-state index is 12.6. The van der Waals surface area contributed by atoms with Crippen molar-refractivity contribution in [1.29, 1.82) is 0 Å². The van der Waals surface area contributed by atoms with Gasteiger partial charge in [0, 0.05) is 19.7 Å². The van der Waals surface area contributed by atoms with Crippen molar-refractivity contribution in [1.82, 2.24) is 20.0 Å². The number of carbonyl (C=O) groups excluding carboxylic acids is 2. The molecule has 0 aromatic carbocycles. The van der Waals surface area contributed by atoms with Crippen LogP contribution in [-0.2, 0) is 9.59 Å². The van der Waals surface area contributed by atoms with E-state index in [1.807, 2.05) is 0 Å². The van der Waals surface area contributed by atoms with Crippen LogP contribution in [0.15, 0.2) is 16.9 Å². The van der Waals surface area contributed by atoms with Gasteiger partial charge in [-0.25, -0.2) is 9.89 Å². The number of hydrogen-bond acceptors (Lipinski definition) is 5. The average molecular weight is 336 g/mol. The van der Waals surface area contributed by atoms with Crippen molar-refractivity contribution in [2.75, 3.05) is 13.6 Å². The Morgan fingerprint density at radius 1 is 1.38 bits per heavy atom. The van der Waals surface area contributed by atoms with Crippen LogP contribution in [0, 0.1) is 0 Å². The number of carboxylic acids is 1. The van der Waals surface area contributed by atoms with Crippen LogP contribution >= 0.6 is 0 Å². The molecule has 0 aliphatic carbocycles. The second kappa shape index (κ2) is 7.24. The number of nitrogens with zero attached hydrogens (tertiary/aromatic N) is 3. The normalized spacial score (nSPS) is 18.8. The van der Waals surface area contributed by atoms with Gasteiger partial charge in [0.1, 0.15) is 17.8 Å². The molecule has 1 aromatic heterocycles. The number of amides is 2. The van der Waals surface area contributed by atoms with Gasteiger partial charge < -0.3 is 14.9 Å². The van der Waals surface area contributed by atoms with Crippen LogP contribution in [0.5, 0.6) is 0 Å². The van der Waals surface area contributed by atoms with Gasteiger partial charge in [0.05, 0.1) is 0 Å². The van der Waals surface area contributed by atoms with E-state index >= 15 is 0 Å². The third-order valence-corrected chi connectivity index (χ3v) is 4.23. The minimum absolute atomic E-state index is 0.0447. The standard InChI is InChI=1S/C15H20N4O5/c1-9(15(23)24)18(2)14(22)11-5-3-4-8-19(11)13(21)10-6-7-12(20)17-16-10/h6-7,9,11H,3-5,8H2,1-2H3,(H,17,20)(H,23,24). The molecule has 1 aliphatic rings. The number of H-pyrrole nitrogens is 1. The predicted octanol–water partition coefficient (Wildman–Crippen LogP) is -0.304. The summed E-state index contributed by atoms with van der Waals surface area (Å²) in [6, 6.07) is 0.787. The van der Waals surface area contributed by atoms with Gasteiger partial charge in [0.2, 0.25) is 5.91 Å². The van der Waals surface area contributed by atoms with Gasteiger partial charge in [0.15, 0.2) is 0 Å². The Balaban J connectivity index is 2.22. The van der Waals surface area contributed by atoms with Crippen LogP contribution in [0.3, 0.4) is 0 Å². The van der Waals surface area contributed by atoms with Crippen LogP contribution in [0.25, 0.3) is 0 Å². The number of rotatable bonds is 4. The van der Waals surface area contributed by atoms with E-state index in [0.29, 0.717) is 13.0 Å². The molecule has 9 nitrogen and oxygen atoms in total. The summed E-state index contributed by atoms with van der Waals surface area (Å²) >= 11 is 0. The monoisotopic (exact) mass is 336 g/mol. The van der Waals surface area contributed by atoms with Gasteiger partial charge in [-0.2, -0.15) is 5.10 Å². The van der Waals surface area contributed by atoms with Gasteiger partial charge >= 0.3 is 5.97 Å². The number of carbonyl (C=O) groups is 3. The molecule has 1 aromatic rings. The Bertz CT molecular complexity index is 681. The fraction of sp³-hybridized carbons (Fsp3) is 0.533. The van der Waals surface area contributed by atoms with Crippen LogP contribution in [0.4, 0.5) is 0 Å². The Labute approximate surface area is 138 Å². The number of aromatic nitrogens is 2. The van der Waals surface area contributed by atoms with E-state index in [-0.39, 0.29) is 5.69 Å². The maximum Gasteiger partial charge on any atom is 0.326 e. The highest BCUT2D eigenvalue weighted by atomic mass is 16.4. The largest absolute Gasteiger partial charge is 0.480 e. The summed E-state index contributed by atoms with van der Waals surface area (Å²) in [4.78, 5) is 49.9. The fourth-order valence-electron chi connectivity index (χ4n) is 2.63. The molecule has 2 amide bonds. The number of likely N-dealkylation sites (N-methyl/N-ethyl adjacent to an activating group) is 1. The zero-order valence-electron chi connectivity index (χ0n) is 13.6. The minimum atomic E-state index is -1.11. The SMILES string of the molecule is CC(C(=O)O)N(C)C(=O)C1CCCCN1C(=O)c1ccc(=O)[nH]n1. The Morgan fingerprint density at radius 3 is 2.67 bits per heavy atom. The molecule has 24 heavy (non-hydrogen) atoms. The first-order valence-corrected chi connectivity index (χ1v) is 7.69. The molecule has 2 atom stereocenters. The van der Waals surface area contributed by atoms with E-state index in [2.05, 4.69) is 10.2 Å². The van der Waals surface area contributed by atoms with Gasteiger partial charge in [0.25, 0.3) is 11.5 Å². The summed E-state index contributed by atoms with van der Waals surface area (Å²) in [6.07, 6.45) is 1.98. The molecule has 2 heterocycles. The number of likely N-dealkylation sites (tertiary alicyclic amines) is 1. The highest BCUT2D eigenvalue weighted by Crippen LogP contribution is 2.21. The first kappa shape index (κ1) is 17.6. The molecule has 1 fully saturated rings. The molecule has 0 spiro atoms. The smallest absolute Gasteiger partial charge is 0.326 e. The molecule has 2 unspecified atom stereocenters. The second-order valence-electron chi connectivity index (χ2n) is 5.78. The molecule has 9 heteroatoms. The van der Waals surface area contributed by atoms with Crippen LogP contribution in [0.2, 0.25) is 0 Å². The van der Waals surface area contributed by atoms with E-state index in [4.69, 9.17) is 5.11 Å². The summed E-state index contributed by atoms with van der Waals surface area (Å²) < 4.78 is 0. The number of carboxylic acid groups (broad SMARTS) is 1. The van der Waals surface area contributed by atoms with Gasteiger partial charge in [-0.15, -0.1) is 0 Å². The van der Waals surface area contributed by atoms with Crippen LogP contribution in [0.1, 0.15) is 36.7 Å². The van der Waals surface area contributed by atoms with Crippen molar-refractivity contribution in [3.63, 3.8) is 0 Å². The first-order valence-electron chi connectivity index (χ1n) is 7.69. The first-order chi connectivity index (χ1) is 11.3. The lowest BCUT2D eigenvalue weighted by molar-refractivity contribution is -0.150. The highest BCUT2D eigenvalue weighted by Gasteiger charge is 2.36. The maximum absolute atomic E-state index is 12.6. The Hall–Kier alpha value is -2.71. The molecule has 0 radical (unpaired) electrons. The van der Waals surface area contributed by atoms with Crippen molar-refractivity contribution >= 4 is 17.8 Å². The minimum Gasteiger partial charge on any atom is -0.480 e. The summed E-state index contributed by atoms with van der Waals surface area (Å²) in [5, 5.41) is 15.0. The quantitative estimate of drug-likeness (QED) is 0.778. The second-order valence-corrected chi connectivity index (χ2v) is 5.78. The van der Waals surface area contributed by atoms with Crippen molar-refractivity contribution in [3.05, 3.63) is 28.2 Å². The third-order valence-electron chi connectivity index (χ3n) is 4.23.